The van der Waals surface area contributed by atoms with Crippen molar-refractivity contribution in [2.75, 3.05) is 27.5 Å². The lowest BCUT2D eigenvalue weighted by Crippen LogP contribution is -2.16. The lowest BCUT2D eigenvalue weighted by atomic mass is 10.1. The van der Waals surface area contributed by atoms with Crippen molar-refractivity contribution >= 4 is 24.9 Å². The van der Waals surface area contributed by atoms with Crippen LogP contribution in [0, 0.1) is 6.92 Å². The molecule has 0 saturated heterocycles. The molecule has 2 rings (SSSR count). The molecule has 0 saturated carbocycles. The minimum Gasteiger partial charge on any atom is -0.496 e. The molecule has 1 unspecified atom stereocenters. The molecule has 28 heavy (non-hydrogen) atoms. The van der Waals surface area contributed by atoms with E-state index in [-0.39, 0.29) is 22.6 Å². The predicted molar refractivity (Wildman–Crippen MR) is 105 cm³/mol. The van der Waals surface area contributed by atoms with Crippen molar-refractivity contribution in [3.8, 4) is 17.2 Å². The van der Waals surface area contributed by atoms with E-state index in [2.05, 4.69) is 0 Å². The third-order valence-electron chi connectivity index (χ3n) is 4.09. The minimum atomic E-state index is -2.27. The number of carboxylic acid groups (broad SMARTS) is 1. The monoisotopic (exact) mass is 404 g/mol. The Kier molecular flexibility index (Phi) is 7.12. The van der Waals surface area contributed by atoms with Crippen molar-refractivity contribution in [1.82, 2.24) is 0 Å². The van der Waals surface area contributed by atoms with Gasteiger partial charge < -0.3 is 19.3 Å². The third-order valence-corrected chi connectivity index (χ3v) is 6.11. The summed E-state index contributed by atoms with van der Waals surface area (Å²) in [6.45, 7) is 1.71. The predicted octanol–water partition coefficient (Wildman–Crippen LogP) is 3.57. The Labute approximate surface area is 164 Å². The number of benzene rings is 2. The topological polar surface area (TPSA) is 99.1 Å². The van der Waals surface area contributed by atoms with Crippen LogP contribution in [0.1, 0.15) is 26.3 Å². The van der Waals surface area contributed by atoms with Gasteiger partial charge in [-0.2, -0.15) is 0 Å². The zero-order valence-electron chi connectivity index (χ0n) is 16.0. The van der Waals surface area contributed by atoms with Crippen LogP contribution in [0.25, 0.3) is 0 Å². The average molecular weight is 404 g/mol. The first-order valence-electron chi connectivity index (χ1n) is 8.28. The van der Waals surface area contributed by atoms with Gasteiger partial charge in [0.25, 0.3) is 0 Å². The van der Waals surface area contributed by atoms with Crippen molar-refractivity contribution < 1.29 is 33.7 Å². The maximum Gasteiger partial charge on any atom is 0.308 e. The molecule has 8 heteroatoms. The Morgan fingerprint density at radius 2 is 1.25 bits per heavy atom. The van der Waals surface area contributed by atoms with E-state index in [1.165, 1.54) is 21.3 Å². The highest BCUT2D eigenvalue weighted by atomic mass is 31.1. The number of aliphatic carboxylic acids is 1. The number of methoxy groups -OCH3 is 3. The molecule has 0 bridgehead atoms. The third kappa shape index (κ3) is 4.31. The van der Waals surface area contributed by atoms with Crippen molar-refractivity contribution in [2.24, 2.45) is 0 Å². The summed E-state index contributed by atoms with van der Waals surface area (Å²) in [4.78, 5) is 38.0. The van der Waals surface area contributed by atoms with Gasteiger partial charge in [-0.3, -0.25) is 14.4 Å². The highest BCUT2D eigenvalue weighted by Gasteiger charge is 2.36. The first-order chi connectivity index (χ1) is 13.3. The SMILES string of the molecule is COc1cccc(C)c1C(=O)P(CC(=O)O)C(=O)c1c(OC)cccc1OC. The largest absolute Gasteiger partial charge is 0.496 e. The summed E-state index contributed by atoms with van der Waals surface area (Å²) in [7, 11) is 1.91. The number of ether oxygens (including phenoxy) is 3. The fourth-order valence-corrected chi connectivity index (χ4v) is 4.58. The molecule has 7 nitrogen and oxygen atoms in total. The summed E-state index contributed by atoms with van der Waals surface area (Å²) < 4.78 is 15.7. The van der Waals surface area contributed by atoms with E-state index in [1.807, 2.05) is 0 Å². The van der Waals surface area contributed by atoms with Crippen LogP contribution < -0.4 is 14.2 Å². The summed E-state index contributed by atoms with van der Waals surface area (Å²) in [6.07, 6.45) is -0.605. The van der Waals surface area contributed by atoms with Crippen LogP contribution in [-0.4, -0.2) is 49.6 Å². The molecule has 2 aromatic rings. The molecular weight excluding hydrogens is 383 g/mol. The van der Waals surface area contributed by atoms with Crippen LogP contribution in [-0.2, 0) is 4.79 Å². The Balaban J connectivity index is 2.62. The number of carbonyl (C=O) groups is 3. The summed E-state index contributed by atoms with van der Waals surface area (Å²) in [6, 6.07) is 9.78. The highest BCUT2D eigenvalue weighted by molar-refractivity contribution is 7.91. The van der Waals surface area contributed by atoms with Gasteiger partial charge in [0.2, 0.25) is 0 Å². The van der Waals surface area contributed by atoms with E-state index < -0.39 is 31.1 Å². The van der Waals surface area contributed by atoms with E-state index in [0.717, 1.165) is 0 Å². The zero-order valence-corrected chi connectivity index (χ0v) is 16.9. The number of rotatable bonds is 9. The van der Waals surface area contributed by atoms with E-state index in [4.69, 9.17) is 14.2 Å². The Bertz CT molecular complexity index is 885. The molecule has 2 aromatic carbocycles. The molecule has 0 amide bonds. The molecule has 0 aliphatic rings. The van der Waals surface area contributed by atoms with E-state index >= 15 is 0 Å². The number of hydrogen-bond donors (Lipinski definition) is 1. The van der Waals surface area contributed by atoms with Gasteiger partial charge in [0, 0.05) is 0 Å². The van der Waals surface area contributed by atoms with Crippen LogP contribution in [0.2, 0.25) is 0 Å². The molecule has 0 aromatic heterocycles. The fourth-order valence-electron chi connectivity index (χ4n) is 2.79. The van der Waals surface area contributed by atoms with Gasteiger partial charge in [-0.1, -0.05) is 18.2 Å². The summed E-state index contributed by atoms with van der Waals surface area (Å²) in [5.74, 6) is -0.518. The van der Waals surface area contributed by atoms with Crippen molar-refractivity contribution in [1.29, 1.82) is 0 Å². The number of carbonyl (C=O) groups excluding carboxylic acids is 2. The molecule has 0 aliphatic heterocycles. The first kappa shape index (κ1) is 21.4. The van der Waals surface area contributed by atoms with Gasteiger partial charge in [0.05, 0.1) is 41.0 Å². The van der Waals surface area contributed by atoms with Crippen LogP contribution in [0.15, 0.2) is 36.4 Å². The molecule has 0 fully saturated rings. The van der Waals surface area contributed by atoms with Crippen molar-refractivity contribution in [3.63, 3.8) is 0 Å². The number of hydrogen-bond acceptors (Lipinski definition) is 6. The van der Waals surface area contributed by atoms with Gasteiger partial charge in [-0.15, -0.1) is 0 Å². The zero-order chi connectivity index (χ0) is 20.8. The van der Waals surface area contributed by atoms with Crippen molar-refractivity contribution in [3.05, 3.63) is 53.1 Å². The lowest BCUT2D eigenvalue weighted by molar-refractivity contribution is -0.134. The maximum atomic E-state index is 13.3. The molecule has 1 N–H and O–H groups in total. The first-order valence-corrected chi connectivity index (χ1v) is 9.81. The second kappa shape index (κ2) is 9.33. The quantitative estimate of drug-likeness (QED) is 0.638. The van der Waals surface area contributed by atoms with E-state index in [9.17, 15) is 19.5 Å². The van der Waals surface area contributed by atoms with Crippen LogP contribution in [0.5, 0.6) is 17.2 Å². The standard InChI is InChI=1S/C20H21O7P/c1-12-7-5-8-13(25-2)17(12)19(23)28(11-16(21)22)20(24)18-14(26-3)9-6-10-15(18)27-4/h5-10H,11H2,1-4H3,(H,21,22). The van der Waals surface area contributed by atoms with Crippen LogP contribution in [0.4, 0.5) is 0 Å². The van der Waals surface area contributed by atoms with Gasteiger partial charge in [-0.05, 0) is 30.7 Å². The van der Waals surface area contributed by atoms with E-state index in [0.29, 0.717) is 11.3 Å². The van der Waals surface area contributed by atoms with Crippen LogP contribution in [0.3, 0.4) is 0 Å². The molecular formula is C20H21O7P. The molecule has 0 radical (unpaired) electrons. The van der Waals surface area contributed by atoms with Gasteiger partial charge >= 0.3 is 5.97 Å². The number of carboxylic acids is 1. The maximum absolute atomic E-state index is 13.3. The van der Waals surface area contributed by atoms with Gasteiger partial charge in [0.15, 0.2) is 11.0 Å². The fraction of sp³-hybridized carbons (Fsp3) is 0.250. The Hall–Kier alpha value is -2.92. The Morgan fingerprint density at radius 3 is 1.71 bits per heavy atom. The number of aryl methyl sites for hydroxylation is 1. The molecule has 148 valence electrons. The molecule has 0 aliphatic carbocycles. The normalized spacial score (nSPS) is 11.4. The molecule has 0 heterocycles. The average Bonchev–Trinajstić information content (AvgIpc) is 2.69. The Morgan fingerprint density at radius 1 is 0.821 bits per heavy atom. The summed E-state index contributed by atoms with van der Waals surface area (Å²) in [5, 5.41) is 9.34. The smallest absolute Gasteiger partial charge is 0.308 e. The van der Waals surface area contributed by atoms with E-state index in [1.54, 1.807) is 43.3 Å². The lowest BCUT2D eigenvalue weighted by Gasteiger charge is -2.19. The highest BCUT2D eigenvalue weighted by Crippen LogP contribution is 2.48. The second-order valence-corrected chi connectivity index (χ2v) is 7.76. The van der Waals surface area contributed by atoms with Gasteiger partial charge in [0.1, 0.15) is 22.8 Å². The summed E-state index contributed by atoms with van der Waals surface area (Å²) in [5.41, 5.74) is -0.324. The summed E-state index contributed by atoms with van der Waals surface area (Å²) >= 11 is 0. The van der Waals surface area contributed by atoms with Crippen LogP contribution >= 0.6 is 7.92 Å². The second-order valence-electron chi connectivity index (χ2n) is 5.78. The minimum absolute atomic E-state index is 0.0563. The van der Waals surface area contributed by atoms with Crippen molar-refractivity contribution in [2.45, 2.75) is 6.92 Å². The molecule has 0 spiro atoms. The van der Waals surface area contributed by atoms with Gasteiger partial charge in [-0.25, -0.2) is 0 Å². The molecule has 1 atom stereocenters.